The number of ether oxygens (including phenoxy) is 1. The number of carbonyl (C=O) groups is 1. The molecule has 2 rings (SSSR count). The van der Waals surface area contributed by atoms with Gasteiger partial charge in [-0.3, -0.25) is 4.79 Å². The summed E-state index contributed by atoms with van der Waals surface area (Å²) in [5.41, 5.74) is -0.249. The van der Waals surface area contributed by atoms with Gasteiger partial charge in [-0.25, -0.2) is 12.8 Å². The lowest BCUT2D eigenvalue weighted by Gasteiger charge is -2.26. The van der Waals surface area contributed by atoms with Gasteiger partial charge >= 0.3 is 0 Å². The first kappa shape index (κ1) is 18.8. The van der Waals surface area contributed by atoms with Crippen molar-refractivity contribution in [2.24, 2.45) is 0 Å². The van der Waals surface area contributed by atoms with Crippen molar-refractivity contribution in [1.82, 2.24) is 9.62 Å². The van der Waals surface area contributed by atoms with Gasteiger partial charge in [-0.05, 0) is 24.6 Å². The number of hydrogen-bond acceptors (Lipinski definition) is 4. The van der Waals surface area contributed by atoms with Crippen LogP contribution in [0.4, 0.5) is 4.39 Å². The van der Waals surface area contributed by atoms with Gasteiger partial charge in [-0.15, -0.1) is 0 Å². The molecule has 1 N–H and O–H groups in total. The second kappa shape index (κ2) is 8.55. The minimum Gasteiger partial charge on any atom is -0.379 e. The van der Waals surface area contributed by atoms with Crippen LogP contribution in [0.15, 0.2) is 23.1 Å². The van der Waals surface area contributed by atoms with Crippen molar-refractivity contribution in [3.63, 3.8) is 0 Å². The summed E-state index contributed by atoms with van der Waals surface area (Å²) in [6.45, 7) is 3.63. The van der Waals surface area contributed by atoms with E-state index in [4.69, 9.17) is 4.74 Å². The van der Waals surface area contributed by atoms with Crippen LogP contribution >= 0.6 is 0 Å². The van der Waals surface area contributed by atoms with E-state index in [1.807, 2.05) is 6.92 Å². The van der Waals surface area contributed by atoms with Crippen LogP contribution in [0.5, 0.6) is 0 Å². The summed E-state index contributed by atoms with van der Waals surface area (Å²) in [5.74, 6) is -1.33. The lowest BCUT2D eigenvalue weighted by atomic mass is 10.2. The van der Waals surface area contributed by atoms with Crippen molar-refractivity contribution in [1.29, 1.82) is 0 Å². The van der Waals surface area contributed by atoms with Crippen LogP contribution in [0.1, 0.15) is 36.5 Å². The monoisotopic (exact) mass is 358 g/mol. The molecule has 1 aliphatic heterocycles. The van der Waals surface area contributed by atoms with Crippen molar-refractivity contribution in [3.05, 3.63) is 29.6 Å². The number of halogens is 1. The van der Waals surface area contributed by atoms with E-state index in [0.29, 0.717) is 19.8 Å². The standard InChI is InChI=1S/C16H23FN2O4S/c1-2-3-4-7-18-16(20)14-12-13(5-6-15(14)17)24(21,22)19-8-10-23-11-9-19/h5-6,12H,2-4,7-11H2,1H3,(H,18,20). The van der Waals surface area contributed by atoms with Crippen molar-refractivity contribution in [2.45, 2.75) is 31.1 Å². The zero-order valence-corrected chi connectivity index (χ0v) is 14.6. The van der Waals surface area contributed by atoms with Crippen LogP contribution in [0, 0.1) is 5.82 Å². The summed E-state index contributed by atoms with van der Waals surface area (Å²) < 4.78 is 45.5. The minimum atomic E-state index is -3.76. The topological polar surface area (TPSA) is 75.7 Å². The van der Waals surface area contributed by atoms with Gasteiger partial charge in [0, 0.05) is 19.6 Å². The van der Waals surface area contributed by atoms with Gasteiger partial charge in [0.15, 0.2) is 0 Å². The Labute approximate surface area is 142 Å². The Morgan fingerprint density at radius 1 is 1.29 bits per heavy atom. The number of amides is 1. The molecule has 1 saturated heterocycles. The highest BCUT2D eigenvalue weighted by molar-refractivity contribution is 7.89. The fourth-order valence-corrected chi connectivity index (χ4v) is 3.88. The van der Waals surface area contributed by atoms with Gasteiger partial charge in [-0.1, -0.05) is 19.8 Å². The van der Waals surface area contributed by atoms with Gasteiger partial charge in [0.1, 0.15) is 5.82 Å². The summed E-state index contributed by atoms with van der Waals surface area (Å²) in [7, 11) is -3.76. The molecule has 1 aliphatic rings. The van der Waals surface area contributed by atoms with Gasteiger partial charge in [-0.2, -0.15) is 4.31 Å². The predicted octanol–water partition coefficient (Wildman–Crippen LogP) is 1.77. The summed E-state index contributed by atoms with van der Waals surface area (Å²) in [6, 6.07) is 3.32. The molecule has 0 spiro atoms. The normalized spacial score (nSPS) is 16.1. The molecule has 8 heteroatoms. The molecule has 0 bridgehead atoms. The number of sulfonamides is 1. The Bertz CT molecular complexity index is 673. The highest BCUT2D eigenvalue weighted by Crippen LogP contribution is 2.20. The zero-order chi connectivity index (χ0) is 17.6. The molecule has 1 amide bonds. The second-order valence-electron chi connectivity index (χ2n) is 5.62. The fourth-order valence-electron chi connectivity index (χ4n) is 2.45. The molecule has 1 fully saturated rings. The van der Waals surface area contributed by atoms with E-state index in [2.05, 4.69) is 5.32 Å². The Morgan fingerprint density at radius 3 is 2.67 bits per heavy atom. The second-order valence-corrected chi connectivity index (χ2v) is 7.56. The van der Waals surface area contributed by atoms with E-state index >= 15 is 0 Å². The van der Waals surface area contributed by atoms with E-state index in [1.165, 1.54) is 10.4 Å². The van der Waals surface area contributed by atoms with E-state index < -0.39 is 21.7 Å². The lowest BCUT2D eigenvalue weighted by Crippen LogP contribution is -2.40. The third kappa shape index (κ3) is 4.52. The number of benzene rings is 1. The summed E-state index contributed by atoms with van der Waals surface area (Å²) in [6.07, 6.45) is 2.78. The number of hydrogen-bond donors (Lipinski definition) is 1. The molecule has 0 unspecified atom stereocenters. The molecule has 24 heavy (non-hydrogen) atoms. The van der Waals surface area contributed by atoms with Crippen LogP contribution in [0.2, 0.25) is 0 Å². The molecule has 0 radical (unpaired) electrons. The van der Waals surface area contributed by atoms with Crippen molar-refractivity contribution in [2.75, 3.05) is 32.8 Å². The highest BCUT2D eigenvalue weighted by Gasteiger charge is 2.27. The molecule has 0 atom stereocenters. The number of rotatable bonds is 7. The third-order valence-electron chi connectivity index (χ3n) is 3.86. The van der Waals surface area contributed by atoms with Gasteiger partial charge < -0.3 is 10.1 Å². The SMILES string of the molecule is CCCCCNC(=O)c1cc(S(=O)(=O)N2CCOCC2)ccc1F. The molecular weight excluding hydrogens is 335 g/mol. The molecule has 134 valence electrons. The average Bonchev–Trinajstić information content (AvgIpc) is 2.59. The number of carbonyl (C=O) groups excluding carboxylic acids is 1. The summed E-state index contributed by atoms with van der Waals surface area (Å²) in [5, 5.41) is 2.63. The van der Waals surface area contributed by atoms with Crippen LogP contribution in [-0.4, -0.2) is 51.5 Å². The van der Waals surface area contributed by atoms with Crippen molar-refractivity contribution >= 4 is 15.9 Å². The number of nitrogens with zero attached hydrogens (tertiary/aromatic N) is 1. The lowest BCUT2D eigenvalue weighted by molar-refractivity contribution is 0.0730. The molecule has 1 heterocycles. The maximum absolute atomic E-state index is 13.9. The first-order valence-corrected chi connectivity index (χ1v) is 9.56. The Kier molecular flexibility index (Phi) is 6.70. The van der Waals surface area contributed by atoms with Crippen LogP contribution in [0.25, 0.3) is 0 Å². The maximum Gasteiger partial charge on any atom is 0.254 e. The van der Waals surface area contributed by atoms with Gasteiger partial charge in [0.05, 0.1) is 23.7 Å². The van der Waals surface area contributed by atoms with E-state index in [1.54, 1.807) is 0 Å². The van der Waals surface area contributed by atoms with Crippen LogP contribution < -0.4 is 5.32 Å². The number of unbranched alkanes of at least 4 members (excludes halogenated alkanes) is 2. The minimum absolute atomic E-state index is 0.0792. The van der Waals surface area contributed by atoms with E-state index in [9.17, 15) is 17.6 Å². The first-order valence-electron chi connectivity index (χ1n) is 8.12. The molecule has 0 saturated carbocycles. The molecular formula is C16H23FN2O4S. The molecule has 1 aromatic carbocycles. The third-order valence-corrected chi connectivity index (χ3v) is 5.75. The number of nitrogens with one attached hydrogen (secondary N) is 1. The van der Waals surface area contributed by atoms with E-state index in [0.717, 1.165) is 31.4 Å². The quantitative estimate of drug-likeness (QED) is 0.754. The number of morpholine rings is 1. The molecule has 0 aromatic heterocycles. The summed E-state index contributed by atoms with van der Waals surface area (Å²) in [4.78, 5) is 12.0. The fraction of sp³-hybridized carbons (Fsp3) is 0.562. The smallest absolute Gasteiger partial charge is 0.254 e. The summed E-state index contributed by atoms with van der Waals surface area (Å²) >= 11 is 0. The first-order chi connectivity index (χ1) is 11.5. The van der Waals surface area contributed by atoms with Crippen molar-refractivity contribution in [3.8, 4) is 0 Å². The van der Waals surface area contributed by atoms with E-state index in [-0.39, 0.29) is 23.5 Å². The molecule has 6 nitrogen and oxygen atoms in total. The van der Waals surface area contributed by atoms with Crippen LogP contribution in [0.3, 0.4) is 0 Å². The van der Waals surface area contributed by atoms with Crippen molar-refractivity contribution < 1.29 is 22.3 Å². The average molecular weight is 358 g/mol. The largest absolute Gasteiger partial charge is 0.379 e. The predicted molar refractivity (Wildman–Crippen MR) is 87.8 cm³/mol. The van der Waals surface area contributed by atoms with Crippen LogP contribution in [-0.2, 0) is 14.8 Å². The Hall–Kier alpha value is -1.51. The Morgan fingerprint density at radius 2 is 2.00 bits per heavy atom. The zero-order valence-electron chi connectivity index (χ0n) is 13.8. The Balaban J connectivity index is 2.16. The van der Waals surface area contributed by atoms with Gasteiger partial charge in [0.25, 0.3) is 5.91 Å². The highest BCUT2D eigenvalue weighted by atomic mass is 32.2. The molecule has 1 aromatic rings. The molecule has 0 aliphatic carbocycles. The maximum atomic E-state index is 13.9. The van der Waals surface area contributed by atoms with Gasteiger partial charge in [0.2, 0.25) is 10.0 Å².